The quantitative estimate of drug-likeness (QED) is 0.352. The van der Waals surface area contributed by atoms with Crippen LogP contribution in [0.25, 0.3) is 0 Å². The maximum Gasteiger partial charge on any atom is 0.191 e. The molecule has 0 fully saturated rings. The average molecular weight is 328 g/mol. The van der Waals surface area contributed by atoms with Crippen LogP contribution in [-0.2, 0) is 0 Å². The molecule has 23 heavy (non-hydrogen) atoms. The molecule has 0 atom stereocenters. The lowest BCUT2D eigenvalue weighted by atomic mass is 10.2. The van der Waals surface area contributed by atoms with Crippen molar-refractivity contribution in [3.63, 3.8) is 0 Å². The van der Waals surface area contributed by atoms with Crippen LogP contribution < -0.4 is 15.5 Å². The van der Waals surface area contributed by atoms with E-state index in [1.807, 2.05) is 36.4 Å². The van der Waals surface area contributed by atoms with Gasteiger partial charge in [-0.05, 0) is 60.6 Å². The number of aromatic nitrogens is 1. The fourth-order valence-corrected chi connectivity index (χ4v) is 1.92. The molecule has 0 amide bonds. The molecule has 0 aliphatic rings. The summed E-state index contributed by atoms with van der Waals surface area (Å²) in [5.41, 5.74) is 4.54. The van der Waals surface area contributed by atoms with Crippen LogP contribution in [0.3, 0.4) is 0 Å². The van der Waals surface area contributed by atoms with Gasteiger partial charge in [0.2, 0.25) is 0 Å². The Balaban J connectivity index is 1.77. The zero-order chi connectivity index (χ0) is 16.3. The fourth-order valence-electron chi connectivity index (χ4n) is 1.75. The topological polar surface area (TPSA) is 58.5 Å². The summed E-state index contributed by atoms with van der Waals surface area (Å²) in [7, 11) is 0. The molecule has 0 spiro atoms. The van der Waals surface area contributed by atoms with Crippen LogP contribution in [0.5, 0.6) is 5.75 Å². The number of rotatable bonds is 7. The molecule has 1 heterocycles. The number of anilines is 1. The molecule has 6 heteroatoms. The first-order valence-electron chi connectivity index (χ1n) is 7.51. The summed E-state index contributed by atoms with van der Waals surface area (Å²) in [5, 5.41) is 7.50. The lowest BCUT2D eigenvalue weighted by Crippen LogP contribution is -2.23. The van der Waals surface area contributed by atoms with Crippen LogP contribution in [-0.4, -0.2) is 22.9 Å². The number of nitrogens with zero attached hydrogens (tertiary/aromatic N) is 2. The Morgan fingerprint density at radius 2 is 2.13 bits per heavy atom. The van der Waals surface area contributed by atoms with E-state index in [1.54, 1.807) is 18.6 Å². The minimum atomic E-state index is 0.411. The van der Waals surface area contributed by atoms with Gasteiger partial charge in [-0.1, -0.05) is 13.3 Å². The van der Waals surface area contributed by atoms with Crippen molar-refractivity contribution < 1.29 is 4.74 Å². The summed E-state index contributed by atoms with van der Waals surface area (Å²) < 4.78 is 5.61. The smallest absolute Gasteiger partial charge is 0.191 e. The van der Waals surface area contributed by atoms with Crippen molar-refractivity contribution >= 4 is 29.2 Å². The summed E-state index contributed by atoms with van der Waals surface area (Å²) in [6.07, 6.45) is 7.29. The van der Waals surface area contributed by atoms with Crippen molar-refractivity contribution in [2.75, 3.05) is 11.9 Å². The summed E-state index contributed by atoms with van der Waals surface area (Å²) in [6, 6.07) is 11.5. The van der Waals surface area contributed by atoms with Gasteiger partial charge in [-0.15, -0.1) is 0 Å². The lowest BCUT2D eigenvalue weighted by molar-refractivity contribution is 0.309. The van der Waals surface area contributed by atoms with E-state index in [9.17, 15) is 0 Å². The van der Waals surface area contributed by atoms with Crippen LogP contribution in [0.1, 0.15) is 25.3 Å². The van der Waals surface area contributed by atoms with Gasteiger partial charge >= 0.3 is 0 Å². The van der Waals surface area contributed by atoms with Gasteiger partial charge in [-0.3, -0.25) is 10.4 Å². The molecule has 2 N–H and O–H groups in total. The summed E-state index contributed by atoms with van der Waals surface area (Å²) in [5.74, 6) is 0.873. The number of ether oxygens (including phenoxy) is 1. The van der Waals surface area contributed by atoms with Crippen LogP contribution in [0.4, 0.5) is 5.69 Å². The zero-order valence-corrected chi connectivity index (χ0v) is 13.8. The average Bonchev–Trinajstić information content (AvgIpc) is 2.57. The Morgan fingerprint density at radius 1 is 1.30 bits per heavy atom. The highest BCUT2D eigenvalue weighted by atomic mass is 32.1. The predicted octanol–water partition coefficient (Wildman–Crippen LogP) is 3.58. The second kappa shape index (κ2) is 9.53. The number of nitrogens with one attached hydrogen (secondary N) is 2. The minimum Gasteiger partial charge on any atom is -0.494 e. The van der Waals surface area contributed by atoms with E-state index in [1.165, 1.54) is 0 Å². The zero-order valence-electron chi connectivity index (χ0n) is 13.0. The molecule has 0 saturated heterocycles. The van der Waals surface area contributed by atoms with E-state index < -0.39 is 0 Å². The Hall–Kier alpha value is -2.47. The van der Waals surface area contributed by atoms with Crippen LogP contribution in [0.2, 0.25) is 0 Å². The first kappa shape index (κ1) is 16.9. The van der Waals surface area contributed by atoms with Gasteiger partial charge in [0.25, 0.3) is 0 Å². The molecule has 0 aliphatic heterocycles. The van der Waals surface area contributed by atoms with Gasteiger partial charge in [0.1, 0.15) is 5.75 Å². The third-order valence-electron chi connectivity index (χ3n) is 2.95. The summed E-state index contributed by atoms with van der Waals surface area (Å²) in [6.45, 7) is 2.89. The molecule has 2 aromatic rings. The van der Waals surface area contributed by atoms with Gasteiger partial charge in [-0.25, -0.2) is 0 Å². The number of unbranched alkanes of at least 4 members (excludes halogenated alkanes) is 1. The minimum absolute atomic E-state index is 0.411. The van der Waals surface area contributed by atoms with Crippen molar-refractivity contribution in [1.82, 2.24) is 10.4 Å². The van der Waals surface area contributed by atoms with Gasteiger partial charge in [0, 0.05) is 6.20 Å². The van der Waals surface area contributed by atoms with E-state index >= 15 is 0 Å². The molecule has 0 bridgehead atoms. The molecule has 120 valence electrons. The molecule has 0 radical (unpaired) electrons. The predicted molar refractivity (Wildman–Crippen MR) is 98.0 cm³/mol. The number of hydrazone groups is 1. The molecule has 0 aliphatic carbocycles. The van der Waals surface area contributed by atoms with Gasteiger partial charge in [0.05, 0.1) is 24.7 Å². The Bertz CT molecular complexity index is 629. The first-order valence-corrected chi connectivity index (χ1v) is 7.91. The highest BCUT2D eigenvalue weighted by molar-refractivity contribution is 7.80. The number of benzene rings is 1. The van der Waals surface area contributed by atoms with Gasteiger partial charge in [-0.2, -0.15) is 5.10 Å². The number of hydrogen-bond acceptors (Lipinski definition) is 4. The van der Waals surface area contributed by atoms with Crippen molar-refractivity contribution in [1.29, 1.82) is 0 Å². The standard InChI is InChI=1S/C17H20N4OS/c1-2-3-11-22-16-8-6-14(7-9-16)12-19-21-17(23)20-15-5-4-10-18-13-15/h4-10,12-13H,2-3,11H2,1H3,(H2,20,21,23). The highest BCUT2D eigenvalue weighted by Crippen LogP contribution is 2.11. The SMILES string of the molecule is CCCCOc1ccc(C=NNC(=S)Nc2cccnc2)cc1. The van der Waals surface area contributed by atoms with E-state index in [-0.39, 0.29) is 0 Å². The molecule has 1 aromatic carbocycles. The van der Waals surface area contributed by atoms with Crippen molar-refractivity contribution in [3.8, 4) is 5.75 Å². The molecule has 2 rings (SSSR count). The Kier molecular flexibility index (Phi) is 7.00. The van der Waals surface area contributed by atoms with Crippen LogP contribution in [0.15, 0.2) is 53.9 Å². The van der Waals surface area contributed by atoms with Gasteiger partial charge < -0.3 is 10.1 Å². The number of pyridine rings is 1. The molecule has 0 unspecified atom stereocenters. The van der Waals surface area contributed by atoms with Crippen molar-refractivity contribution in [3.05, 3.63) is 54.4 Å². The second-order valence-electron chi connectivity index (χ2n) is 4.84. The maximum atomic E-state index is 5.61. The largest absolute Gasteiger partial charge is 0.494 e. The maximum absolute atomic E-state index is 5.61. The Morgan fingerprint density at radius 3 is 2.83 bits per heavy atom. The number of hydrogen-bond donors (Lipinski definition) is 2. The summed E-state index contributed by atoms with van der Waals surface area (Å²) >= 11 is 5.15. The lowest BCUT2D eigenvalue weighted by Gasteiger charge is -2.06. The third-order valence-corrected chi connectivity index (χ3v) is 3.14. The highest BCUT2D eigenvalue weighted by Gasteiger charge is 1.96. The molecular weight excluding hydrogens is 308 g/mol. The Labute approximate surface area is 141 Å². The normalized spacial score (nSPS) is 10.5. The number of thiocarbonyl (C=S) groups is 1. The first-order chi connectivity index (χ1) is 11.3. The van der Waals surface area contributed by atoms with E-state index in [0.717, 1.165) is 36.4 Å². The van der Waals surface area contributed by atoms with Crippen molar-refractivity contribution in [2.24, 2.45) is 5.10 Å². The molecule has 0 saturated carbocycles. The van der Waals surface area contributed by atoms with E-state index in [0.29, 0.717) is 5.11 Å². The van der Waals surface area contributed by atoms with Crippen LogP contribution >= 0.6 is 12.2 Å². The van der Waals surface area contributed by atoms with Crippen molar-refractivity contribution in [2.45, 2.75) is 19.8 Å². The third kappa shape index (κ3) is 6.44. The van der Waals surface area contributed by atoms with Gasteiger partial charge in [0.15, 0.2) is 5.11 Å². The monoisotopic (exact) mass is 328 g/mol. The van der Waals surface area contributed by atoms with E-state index in [4.69, 9.17) is 17.0 Å². The van der Waals surface area contributed by atoms with E-state index in [2.05, 4.69) is 27.8 Å². The van der Waals surface area contributed by atoms with Crippen LogP contribution in [0, 0.1) is 0 Å². The molecule has 1 aromatic heterocycles. The summed E-state index contributed by atoms with van der Waals surface area (Å²) in [4.78, 5) is 4.00. The molecular formula is C17H20N4OS. The fraction of sp³-hybridized carbons (Fsp3) is 0.235. The molecule has 5 nitrogen and oxygen atoms in total. The second-order valence-corrected chi connectivity index (χ2v) is 5.25.